The molecule has 0 aliphatic carbocycles. The number of methoxy groups -OCH3 is 1. The van der Waals surface area contributed by atoms with E-state index in [1.807, 2.05) is 24.4 Å². The van der Waals surface area contributed by atoms with Gasteiger partial charge in [-0.3, -0.25) is 0 Å². The zero-order chi connectivity index (χ0) is 15.2. The molecule has 112 valence electrons. The summed E-state index contributed by atoms with van der Waals surface area (Å²) in [5.41, 5.74) is 2.42. The molecule has 0 aliphatic rings. The van der Waals surface area contributed by atoms with E-state index in [1.54, 1.807) is 7.11 Å². The van der Waals surface area contributed by atoms with Gasteiger partial charge in [0, 0.05) is 30.2 Å². The predicted octanol–water partition coefficient (Wildman–Crippen LogP) is 4.05. The van der Waals surface area contributed by atoms with Gasteiger partial charge in [-0.05, 0) is 31.0 Å². The second-order valence-electron chi connectivity index (χ2n) is 5.10. The Morgan fingerprint density at radius 2 is 1.90 bits per heavy atom. The topological polar surface area (TPSA) is 25.4 Å². The first-order valence-electron chi connectivity index (χ1n) is 7.02. The Labute approximate surface area is 135 Å². The number of alkyl halides is 1. The highest BCUT2D eigenvalue weighted by atomic mass is 79.9. The summed E-state index contributed by atoms with van der Waals surface area (Å²) >= 11 is 3.53. The van der Waals surface area contributed by atoms with Crippen LogP contribution in [0.15, 0.2) is 42.6 Å². The molecule has 0 N–H and O–H groups in total. The number of likely N-dealkylation sites (N-methyl/N-ethyl adjacent to an activating group) is 1. The molecule has 1 unspecified atom stereocenters. The van der Waals surface area contributed by atoms with E-state index < -0.39 is 0 Å². The minimum absolute atomic E-state index is 0.328. The molecule has 21 heavy (non-hydrogen) atoms. The van der Waals surface area contributed by atoms with Gasteiger partial charge in [0.2, 0.25) is 0 Å². The Balaban J connectivity index is 2.17. The van der Waals surface area contributed by atoms with Crippen molar-refractivity contribution in [3.63, 3.8) is 0 Å². The van der Waals surface area contributed by atoms with Gasteiger partial charge < -0.3 is 9.64 Å². The van der Waals surface area contributed by atoms with E-state index in [-0.39, 0.29) is 0 Å². The molecule has 0 aliphatic heterocycles. The van der Waals surface area contributed by atoms with Gasteiger partial charge in [-0.1, -0.05) is 40.2 Å². The van der Waals surface area contributed by atoms with Crippen LogP contribution >= 0.6 is 15.9 Å². The normalized spacial score (nSPS) is 12.0. The third-order valence-electron chi connectivity index (χ3n) is 3.71. The maximum absolute atomic E-state index is 5.43. The van der Waals surface area contributed by atoms with Crippen molar-refractivity contribution in [3.8, 4) is 5.75 Å². The summed E-state index contributed by atoms with van der Waals surface area (Å²) in [6.45, 7) is 2.21. The lowest BCUT2D eigenvalue weighted by atomic mass is 10.0. The van der Waals surface area contributed by atoms with Gasteiger partial charge in [0.15, 0.2) is 0 Å². The second kappa shape index (κ2) is 7.46. The van der Waals surface area contributed by atoms with E-state index >= 15 is 0 Å². The Morgan fingerprint density at radius 1 is 1.19 bits per heavy atom. The minimum Gasteiger partial charge on any atom is -0.496 e. The van der Waals surface area contributed by atoms with E-state index in [1.165, 1.54) is 11.1 Å². The van der Waals surface area contributed by atoms with Gasteiger partial charge in [0.25, 0.3) is 0 Å². The van der Waals surface area contributed by atoms with Crippen LogP contribution in [0.5, 0.6) is 5.75 Å². The molecule has 0 bridgehead atoms. The fourth-order valence-electron chi connectivity index (χ4n) is 2.39. The average molecular weight is 349 g/mol. The molecule has 2 rings (SSSR count). The molecule has 1 heterocycles. The standard InChI is InChI=1S/C17H21BrN2O/c1-13(11-14-7-4-5-9-16(14)21-3)20(2)17-15(12-18)8-6-10-19-17/h4-10,13H,11-12H2,1-3H3. The number of anilines is 1. The molecular weight excluding hydrogens is 328 g/mol. The molecule has 0 saturated carbocycles. The molecule has 0 saturated heterocycles. The Kier molecular flexibility index (Phi) is 5.62. The van der Waals surface area contributed by atoms with E-state index in [0.29, 0.717) is 6.04 Å². The zero-order valence-corrected chi connectivity index (χ0v) is 14.3. The van der Waals surface area contributed by atoms with Crippen molar-refractivity contribution >= 4 is 21.7 Å². The first kappa shape index (κ1) is 15.8. The number of pyridine rings is 1. The molecule has 1 aromatic carbocycles. The summed E-state index contributed by atoms with van der Waals surface area (Å²) in [7, 11) is 3.81. The zero-order valence-electron chi connectivity index (χ0n) is 12.7. The number of hydrogen-bond acceptors (Lipinski definition) is 3. The van der Waals surface area contributed by atoms with Crippen molar-refractivity contribution in [2.24, 2.45) is 0 Å². The molecule has 2 aromatic rings. The quantitative estimate of drug-likeness (QED) is 0.736. The van der Waals surface area contributed by atoms with Gasteiger partial charge in [-0.15, -0.1) is 0 Å². The molecule has 0 radical (unpaired) electrons. The maximum Gasteiger partial charge on any atom is 0.132 e. The van der Waals surface area contributed by atoms with Crippen molar-refractivity contribution in [2.75, 3.05) is 19.1 Å². The minimum atomic E-state index is 0.328. The van der Waals surface area contributed by atoms with Gasteiger partial charge in [0.05, 0.1) is 7.11 Å². The molecule has 4 heteroatoms. The molecular formula is C17H21BrN2O. The Morgan fingerprint density at radius 3 is 2.62 bits per heavy atom. The van der Waals surface area contributed by atoms with Crippen LogP contribution < -0.4 is 9.64 Å². The van der Waals surface area contributed by atoms with E-state index in [4.69, 9.17) is 4.74 Å². The third kappa shape index (κ3) is 3.76. The molecule has 0 amide bonds. The Bertz CT molecular complexity index is 589. The monoisotopic (exact) mass is 348 g/mol. The number of rotatable bonds is 6. The van der Waals surface area contributed by atoms with E-state index in [9.17, 15) is 0 Å². The average Bonchev–Trinajstić information content (AvgIpc) is 2.54. The van der Waals surface area contributed by atoms with Crippen LogP contribution in [-0.2, 0) is 11.8 Å². The molecule has 1 aromatic heterocycles. The summed E-state index contributed by atoms with van der Waals surface area (Å²) in [4.78, 5) is 6.74. The third-order valence-corrected chi connectivity index (χ3v) is 4.32. The number of ether oxygens (including phenoxy) is 1. The van der Waals surface area contributed by atoms with Crippen LogP contribution in [0, 0.1) is 0 Å². The summed E-state index contributed by atoms with van der Waals surface area (Å²) < 4.78 is 5.43. The van der Waals surface area contributed by atoms with Crippen molar-refractivity contribution in [1.82, 2.24) is 4.98 Å². The van der Waals surface area contributed by atoms with Crippen molar-refractivity contribution < 1.29 is 4.74 Å². The first-order chi connectivity index (χ1) is 10.2. The summed E-state index contributed by atoms with van der Waals surface area (Å²) in [6, 6.07) is 12.6. The predicted molar refractivity (Wildman–Crippen MR) is 91.4 cm³/mol. The molecule has 0 fully saturated rings. The highest BCUT2D eigenvalue weighted by Crippen LogP contribution is 2.24. The van der Waals surface area contributed by atoms with Gasteiger partial charge in [-0.2, -0.15) is 0 Å². The summed E-state index contributed by atoms with van der Waals surface area (Å²) in [5, 5.41) is 0.807. The maximum atomic E-state index is 5.43. The SMILES string of the molecule is COc1ccccc1CC(C)N(C)c1ncccc1CBr. The van der Waals surface area contributed by atoms with Crippen LogP contribution in [0.3, 0.4) is 0 Å². The van der Waals surface area contributed by atoms with Crippen molar-refractivity contribution in [1.29, 1.82) is 0 Å². The second-order valence-corrected chi connectivity index (χ2v) is 5.66. The molecule has 3 nitrogen and oxygen atoms in total. The Hall–Kier alpha value is -1.55. The largest absolute Gasteiger partial charge is 0.496 e. The highest BCUT2D eigenvalue weighted by Gasteiger charge is 2.16. The van der Waals surface area contributed by atoms with Gasteiger partial charge in [-0.25, -0.2) is 4.98 Å². The summed E-state index contributed by atoms with van der Waals surface area (Å²) in [6.07, 6.45) is 2.76. The van der Waals surface area contributed by atoms with Crippen molar-refractivity contribution in [2.45, 2.75) is 24.7 Å². The van der Waals surface area contributed by atoms with E-state index in [2.05, 4.69) is 58.0 Å². The number of hydrogen-bond donors (Lipinski definition) is 0. The number of benzene rings is 1. The lowest BCUT2D eigenvalue weighted by Crippen LogP contribution is -2.32. The highest BCUT2D eigenvalue weighted by molar-refractivity contribution is 9.08. The lowest BCUT2D eigenvalue weighted by molar-refractivity contribution is 0.408. The number of nitrogens with zero attached hydrogens (tertiary/aromatic N) is 2. The number of halogens is 1. The van der Waals surface area contributed by atoms with Crippen LogP contribution in [-0.4, -0.2) is 25.2 Å². The number of aromatic nitrogens is 1. The van der Waals surface area contributed by atoms with E-state index in [0.717, 1.165) is 23.3 Å². The van der Waals surface area contributed by atoms with Gasteiger partial charge >= 0.3 is 0 Å². The summed E-state index contributed by atoms with van der Waals surface area (Å²) in [5.74, 6) is 1.97. The fourth-order valence-corrected chi connectivity index (χ4v) is 2.83. The first-order valence-corrected chi connectivity index (χ1v) is 8.14. The van der Waals surface area contributed by atoms with Crippen LogP contribution in [0.4, 0.5) is 5.82 Å². The van der Waals surface area contributed by atoms with Crippen LogP contribution in [0.25, 0.3) is 0 Å². The fraction of sp³-hybridized carbons (Fsp3) is 0.353. The van der Waals surface area contributed by atoms with Crippen LogP contribution in [0.1, 0.15) is 18.1 Å². The van der Waals surface area contributed by atoms with Gasteiger partial charge in [0.1, 0.15) is 11.6 Å². The number of para-hydroxylation sites is 1. The smallest absolute Gasteiger partial charge is 0.132 e. The van der Waals surface area contributed by atoms with Crippen molar-refractivity contribution in [3.05, 3.63) is 53.7 Å². The lowest BCUT2D eigenvalue weighted by Gasteiger charge is -2.28. The van der Waals surface area contributed by atoms with Crippen LogP contribution in [0.2, 0.25) is 0 Å². The molecule has 0 spiro atoms. The molecule has 1 atom stereocenters.